The first-order valence-electron chi connectivity index (χ1n) is 9.05. The maximum absolute atomic E-state index is 13.0. The molecule has 280 valence electrons. The number of alkyl halides is 18. The molecule has 1 rings (SSSR count). The smallest absolute Gasteiger partial charge is 0.319 e. The molecular formula is C13H14F22O8S2. The van der Waals surface area contributed by atoms with Crippen molar-refractivity contribution in [1.29, 1.82) is 0 Å². The molecule has 3 unspecified atom stereocenters. The topological polar surface area (TPSA) is 108 Å². The third-order valence-electron chi connectivity index (χ3n) is 2.73. The van der Waals surface area contributed by atoms with Gasteiger partial charge >= 0.3 is 57.8 Å². The van der Waals surface area contributed by atoms with E-state index in [-0.39, 0.29) is 0 Å². The van der Waals surface area contributed by atoms with Crippen LogP contribution in [0, 0.1) is 0 Å². The van der Waals surface area contributed by atoms with E-state index in [1.807, 2.05) is 0 Å². The SMILES string of the molecule is CF.FC(F)(F)C1(F)OC1(F)F.FCCC(OC(F)(OCF)C(F)(F)F)C(F)(F)F.FCOCF.O=S(=O)(F)F.O=S(=O)(F)F. The molecule has 0 bridgehead atoms. The summed E-state index contributed by atoms with van der Waals surface area (Å²) in [5.74, 6) is -4.75. The Hall–Kier alpha value is -1.80. The number of hydrogen-bond donors (Lipinski definition) is 0. The summed E-state index contributed by atoms with van der Waals surface area (Å²) in [5, 5.41) is 0. The molecule has 1 heterocycles. The van der Waals surface area contributed by atoms with Gasteiger partial charge in [-0.15, -0.1) is 0 Å². The van der Waals surface area contributed by atoms with E-state index in [0.717, 1.165) is 0 Å². The minimum Gasteiger partial charge on any atom is -0.319 e. The lowest BCUT2D eigenvalue weighted by Crippen LogP contribution is -2.51. The number of hydrogen-bond acceptors (Lipinski definition) is 8. The molecule has 0 aromatic heterocycles. The number of ether oxygens (including phenoxy) is 4. The van der Waals surface area contributed by atoms with Crippen molar-refractivity contribution in [2.75, 3.05) is 34.4 Å². The zero-order valence-electron chi connectivity index (χ0n) is 20.5. The van der Waals surface area contributed by atoms with Crippen LogP contribution in [-0.4, -0.2) is 93.9 Å². The first-order chi connectivity index (χ1) is 19.6. The van der Waals surface area contributed by atoms with E-state index in [0.29, 0.717) is 7.18 Å². The minimum atomic E-state index is -6.07. The average molecular weight is 780 g/mol. The van der Waals surface area contributed by atoms with Gasteiger partial charge in [-0.05, 0) is 0 Å². The summed E-state index contributed by atoms with van der Waals surface area (Å²) < 4.78 is 292. The zero-order valence-corrected chi connectivity index (χ0v) is 22.1. The Bertz CT molecular complexity index is 923. The van der Waals surface area contributed by atoms with Crippen LogP contribution in [0.2, 0.25) is 0 Å². The van der Waals surface area contributed by atoms with Crippen molar-refractivity contribution in [2.24, 2.45) is 0 Å². The van der Waals surface area contributed by atoms with E-state index in [1.54, 1.807) is 0 Å². The molecule has 1 aliphatic heterocycles. The molecule has 0 aromatic carbocycles. The van der Waals surface area contributed by atoms with E-state index in [4.69, 9.17) is 16.8 Å². The number of halogens is 22. The summed E-state index contributed by atoms with van der Waals surface area (Å²) >= 11 is 0. The van der Waals surface area contributed by atoms with E-state index in [9.17, 15) is 94.6 Å². The summed E-state index contributed by atoms with van der Waals surface area (Å²) in [6.45, 7) is -6.16. The van der Waals surface area contributed by atoms with Crippen LogP contribution in [0.25, 0.3) is 0 Å². The Morgan fingerprint density at radius 2 is 1.00 bits per heavy atom. The molecule has 32 heteroatoms. The van der Waals surface area contributed by atoms with Crippen LogP contribution in [0.3, 0.4) is 0 Å². The lowest BCUT2D eigenvalue weighted by atomic mass is 10.2. The Morgan fingerprint density at radius 3 is 1.11 bits per heavy atom. The van der Waals surface area contributed by atoms with Gasteiger partial charge in [-0.25, -0.2) is 13.2 Å². The highest BCUT2D eigenvalue weighted by molar-refractivity contribution is 7.81. The Labute approximate surface area is 236 Å². The molecule has 3 atom stereocenters. The van der Waals surface area contributed by atoms with E-state index >= 15 is 0 Å². The lowest BCUT2D eigenvalue weighted by Gasteiger charge is -2.30. The second-order valence-corrected chi connectivity index (χ2v) is 7.32. The molecule has 8 nitrogen and oxygen atoms in total. The van der Waals surface area contributed by atoms with Gasteiger partial charge in [-0.2, -0.15) is 73.9 Å². The van der Waals surface area contributed by atoms with Crippen molar-refractivity contribution < 1.29 is 130 Å². The van der Waals surface area contributed by atoms with Crippen molar-refractivity contribution in [3.05, 3.63) is 0 Å². The maximum atomic E-state index is 13.0. The van der Waals surface area contributed by atoms with Crippen molar-refractivity contribution in [1.82, 2.24) is 0 Å². The van der Waals surface area contributed by atoms with Gasteiger partial charge in [0.25, 0.3) is 0 Å². The van der Waals surface area contributed by atoms with Gasteiger partial charge in [0.05, 0.1) is 13.9 Å². The molecule has 1 saturated heterocycles. The fourth-order valence-corrected chi connectivity index (χ4v) is 1.23. The first kappa shape index (κ1) is 52.7. The largest absolute Gasteiger partial charge is 0.478 e. The van der Waals surface area contributed by atoms with Crippen molar-refractivity contribution in [3.8, 4) is 0 Å². The van der Waals surface area contributed by atoms with Gasteiger partial charge in [0.15, 0.2) is 26.7 Å². The summed E-state index contributed by atoms with van der Waals surface area (Å²) in [7, 11) is -10.8. The quantitative estimate of drug-likeness (QED) is 0.112. The Kier molecular flexibility index (Phi) is 24.8. The fourth-order valence-electron chi connectivity index (χ4n) is 1.23. The van der Waals surface area contributed by atoms with Gasteiger partial charge in [-0.3, -0.25) is 18.3 Å². The molecular weight excluding hydrogens is 766 g/mol. The van der Waals surface area contributed by atoms with E-state index in [1.165, 1.54) is 0 Å². The van der Waals surface area contributed by atoms with Crippen LogP contribution in [0.5, 0.6) is 0 Å². The van der Waals surface area contributed by atoms with Crippen molar-refractivity contribution >= 4 is 21.2 Å². The third-order valence-corrected chi connectivity index (χ3v) is 2.73. The third kappa shape index (κ3) is 28.2. The molecule has 0 saturated carbocycles. The molecule has 0 N–H and O–H groups in total. The molecule has 0 amide bonds. The van der Waals surface area contributed by atoms with Crippen LogP contribution in [0.4, 0.5) is 94.6 Å². The molecule has 0 radical (unpaired) electrons. The van der Waals surface area contributed by atoms with Gasteiger partial charge in [0.2, 0.25) is 0 Å². The second kappa shape index (κ2) is 21.1. The standard InChI is InChI=1S/C7H7F9O2.C3F6O.C2H4F2O.CH3F.2F2O2S/c8-2-1-4(5(10,11)12)18-7(16,17-3-9)6(13,14)15;4-1(2(5,6)7)3(8,9)10-1;3-1-5-2-4;1-2;2*1-5(2,3)4/h4H,1-3H2;;1-2H2;1H3;;. The van der Waals surface area contributed by atoms with E-state index < -0.39 is 97.5 Å². The summed E-state index contributed by atoms with van der Waals surface area (Å²) in [4.78, 5) is 0. The normalized spacial score (nSPS) is 19.4. The van der Waals surface area contributed by atoms with Gasteiger partial charge < -0.3 is 9.47 Å². The van der Waals surface area contributed by atoms with Crippen LogP contribution in [-0.2, 0) is 40.2 Å². The van der Waals surface area contributed by atoms with Gasteiger partial charge in [0.1, 0.15) is 0 Å². The van der Waals surface area contributed by atoms with Crippen molar-refractivity contribution in [3.63, 3.8) is 0 Å². The highest BCUT2D eigenvalue weighted by Crippen LogP contribution is 2.60. The molecule has 45 heavy (non-hydrogen) atoms. The minimum absolute atomic E-state index is 0.500. The molecule has 1 fully saturated rings. The summed E-state index contributed by atoms with van der Waals surface area (Å²) in [6.07, 6.45) is -26.9. The lowest BCUT2D eigenvalue weighted by molar-refractivity contribution is -0.468. The summed E-state index contributed by atoms with van der Waals surface area (Å²) in [5.41, 5.74) is 0. The zero-order chi connectivity index (χ0) is 37.9. The highest BCUT2D eigenvalue weighted by atomic mass is 32.3. The van der Waals surface area contributed by atoms with Crippen molar-refractivity contribution in [2.45, 2.75) is 49.1 Å². The van der Waals surface area contributed by atoms with Crippen LogP contribution >= 0.6 is 0 Å². The van der Waals surface area contributed by atoms with E-state index in [2.05, 4.69) is 18.9 Å². The monoisotopic (exact) mass is 780 g/mol. The number of rotatable bonds is 8. The Morgan fingerprint density at radius 1 is 0.689 bits per heavy atom. The Balaban J connectivity index is -0.000000165. The van der Waals surface area contributed by atoms with Crippen LogP contribution in [0.1, 0.15) is 6.42 Å². The van der Waals surface area contributed by atoms with Crippen LogP contribution in [0.15, 0.2) is 0 Å². The second-order valence-electron chi connectivity index (χ2n) is 5.80. The highest BCUT2D eigenvalue weighted by Gasteiger charge is 2.90. The predicted molar refractivity (Wildman–Crippen MR) is 96.7 cm³/mol. The fraction of sp³-hybridized carbons (Fsp3) is 1.00. The molecule has 1 aliphatic rings. The van der Waals surface area contributed by atoms with Gasteiger partial charge in [-0.1, -0.05) is 15.5 Å². The number of epoxide rings is 1. The van der Waals surface area contributed by atoms with Crippen LogP contribution < -0.4 is 0 Å². The summed E-state index contributed by atoms with van der Waals surface area (Å²) in [6, 6.07) is -5.29. The predicted octanol–water partition coefficient (Wildman–Crippen LogP) is 7.04. The molecule has 0 aliphatic carbocycles. The van der Waals surface area contributed by atoms with Gasteiger partial charge in [0, 0.05) is 6.42 Å². The first-order valence-corrected chi connectivity index (χ1v) is 11.6. The average Bonchev–Trinajstić information content (AvgIpc) is 3.32. The molecule has 0 spiro atoms. The maximum Gasteiger partial charge on any atom is 0.478 e. The molecule has 0 aromatic rings.